The highest BCUT2D eigenvalue weighted by molar-refractivity contribution is 5.42. The minimum Gasteiger partial charge on any atom is -0.493 e. The Morgan fingerprint density at radius 3 is 2.44 bits per heavy atom. The van der Waals surface area contributed by atoms with Gasteiger partial charge in [-0.1, -0.05) is 12.1 Å². The van der Waals surface area contributed by atoms with Crippen LogP contribution in [0, 0.1) is 0 Å². The fourth-order valence-corrected chi connectivity index (χ4v) is 2.78. The van der Waals surface area contributed by atoms with Gasteiger partial charge in [-0.25, -0.2) is 0 Å². The molecule has 0 unspecified atom stereocenters. The van der Waals surface area contributed by atoms with Gasteiger partial charge < -0.3 is 13.9 Å². The van der Waals surface area contributed by atoms with Gasteiger partial charge in [-0.3, -0.25) is 9.88 Å². The molecule has 0 aliphatic carbocycles. The van der Waals surface area contributed by atoms with Gasteiger partial charge in [0.15, 0.2) is 11.5 Å². The van der Waals surface area contributed by atoms with Gasteiger partial charge >= 0.3 is 0 Å². The molecule has 2 aromatic heterocycles. The Balaban J connectivity index is 1.79. The number of pyridine rings is 1. The van der Waals surface area contributed by atoms with Gasteiger partial charge in [0.1, 0.15) is 5.76 Å². The van der Waals surface area contributed by atoms with Crippen LogP contribution < -0.4 is 9.47 Å². The van der Waals surface area contributed by atoms with Crippen LogP contribution in [-0.4, -0.2) is 24.1 Å². The van der Waals surface area contributed by atoms with Crippen molar-refractivity contribution in [3.05, 3.63) is 78.0 Å². The van der Waals surface area contributed by atoms with Gasteiger partial charge in [-0.2, -0.15) is 0 Å². The molecule has 0 amide bonds. The molecule has 5 nitrogen and oxygen atoms in total. The number of methoxy groups -OCH3 is 2. The van der Waals surface area contributed by atoms with E-state index in [1.54, 1.807) is 26.7 Å². The Hall–Kier alpha value is -2.79. The molecule has 0 atom stereocenters. The van der Waals surface area contributed by atoms with Crippen molar-refractivity contribution < 1.29 is 13.9 Å². The zero-order chi connectivity index (χ0) is 17.5. The number of aromatic nitrogens is 1. The van der Waals surface area contributed by atoms with E-state index in [0.29, 0.717) is 0 Å². The summed E-state index contributed by atoms with van der Waals surface area (Å²) in [5, 5.41) is 0. The van der Waals surface area contributed by atoms with Crippen LogP contribution in [0.1, 0.15) is 16.9 Å². The quantitative estimate of drug-likeness (QED) is 0.623. The summed E-state index contributed by atoms with van der Waals surface area (Å²) in [6.45, 7) is 2.26. The lowest BCUT2D eigenvalue weighted by Crippen LogP contribution is -2.22. The number of rotatable bonds is 8. The molecular weight excluding hydrogens is 316 g/mol. The third-order valence-corrected chi connectivity index (χ3v) is 3.94. The molecule has 130 valence electrons. The molecule has 1 aromatic carbocycles. The van der Waals surface area contributed by atoms with Crippen LogP contribution in [0.5, 0.6) is 11.5 Å². The molecule has 3 rings (SSSR count). The lowest BCUT2D eigenvalue weighted by Gasteiger charge is -2.22. The van der Waals surface area contributed by atoms with E-state index in [9.17, 15) is 0 Å². The number of ether oxygens (including phenoxy) is 2. The summed E-state index contributed by atoms with van der Waals surface area (Å²) in [7, 11) is 3.29. The van der Waals surface area contributed by atoms with Crippen LogP contribution in [0.3, 0.4) is 0 Å². The molecule has 0 fully saturated rings. The molecule has 25 heavy (non-hydrogen) atoms. The van der Waals surface area contributed by atoms with Gasteiger partial charge in [-0.15, -0.1) is 0 Å². The van der Waals surface area contributed by atoms with Gasteiger partial charge in [0, 0.05) is 25.5 Å². The maximum Gasteiger partial charge on any atom is 0.161 e. The number of benzene rings is 1. The number of hydrogen-bond acceptors (Lipinski definition) is 5. The molecule has 3 aromatic rings. The van der Waals surface area contributed by atoms with Crippen molar-refractivity contribution in [1.29, 1.82) is 0 Å². The molecule has 0 radical (unpaired) electrons. The van der Waals surface area contributed by atoms with E-state index < -0.39 is 0 Å². The number of hydrogen-bond donors (Lipinski definition) is 0. The van der Waals surface area contributed by atoms with Gasteiger partial charge in [0.05, 0.1) is 27.0 Å². The summed E-state index contributed by atoms with van der Waals surface area (Å²) in [6, 6.07) is 13.9. The molecule has 0 bridgehead atoms. The highest BCUT2D eigenvalue weighted by atomic mass is 16.5. The lowest BCUT2D eigenvalue weighted by atomic mass is 10.1. The third kappa shape index (κ3) is 4.61. The Bertz CT molecular complexity index is 773. The standard InChI is InChI=1S/C20H22N2O3/c1-23-19-8-7-16(11-20(19)24-2)13-22(15-18-6-4-10-25-18)14-17-5-3-9-21-12-17/h3-12H,13-15H2,1-2H3. The zero-order valence-corrected chi connectivity index (χ0v) is 14.5. The summed E-state index contributed by atoms with van der Waals surface area (Å²) in [4.78, 5) is 6.51. The van der Waals surface area contributed by atoms with Gasteiger partial charge in [0.2, 0.25) is 0 Å². The molecule has 5 heteroatoms. The normalized spacial score (nSPS) is 10.8. The Morgan fingerprint density at radius 1 is 0.920 bits per heavy atom. The lowest BCUT2D eigenvalue weighted by molar-refractivity contribution is 0.226. The predicted octanol–water partition coefficient (Wildman–Crippen LogP) is 3.89. The maximum atomic E-state index is 5.52. The van der Waals surface area contributed by atoms with Crippen molar-refractivity contribution in [2.24, 2.45) is 0 Å². The average Bonchev–Trinajstić information content (AvgIpc) is 3.15. The largest absolute Gasteiger partial charge is 0.493 e. The summed E-state index contributed by atoms with van der Waals surface area (Å²) >= 11 is 0. The van der Waals surface area contributed by atoms with E-state index in [1.165, 1.54) is 0 Å². The fourth-order valence-electron chi connectivity index (χ4n) is 2.78. The monoisotopic (exact) mass is 338 g/mol. The molecule has 0 saturated carbocycles. The van der Waals surface area contributed by atoms with E-state index >= 15 is 0 Å². The zero-order valence-electron chi connectivity index (χ0n) is 14.5. The number of furan rings is 1. The first-order valence-electron chi connectivity index (χ1n) is 8.13. The van der Waals surface area contributed by atoms with Crippen LogP contribution in [0.15, 0.2) is 65.5 Å². The van der Waals surface area contributed by atoms with E-state index in [0.717, 1.165) is 48.0 Å². The first-order chi connectivity index (χ1) is 12.3. The summed E-state index contributed by atoms with van der Waals surface area (Å²) in [5.41, 5.74) is 2.31. The van der Waals surface area contributed by atoms with Crippen molar-refractivity contribution in [1.82, 2.24) is 9.88 Å². The second-order valence-corrected chi connectivity index (χ2v) is 5.78. The second-order valence-electron chi connectivity index (χ2n) is 5.78. The molecule has 0 spiro atoms. The first-order valence-corrected chi connectivity index (χ1v) is 8.13. The Kier molecular flexibility index (Phi) is 5.69. The first kappa shape index (κ1) is 17.0. The molecule has 2 heterocycles. The summed E-state index contributed by atoms with van der Waals surface area (Å²) in [6.07, 6.45) is 5.38. The van der Waals surface area contributed by atoms with Crippen LogP contribution in [0.25, 0.3) is 0 Å². The minimum atomic E-state index is 0.718. The smallest absolute Gasteiger partial charge is 0.161 e. The Morgan fingerprint density at radius 2 is 1.76 bits per heavy atom. The van der Waals surface area contributed by atoms with Gasteiger partial charge in [-0.05, 0) is 41.5 Å². The van der Waals surface area contributed by atoms with E-state index in [2.05, 4.69) is 22.0 Å². The highest BCUT2D eigenvalue weighted by Crippen LogP contribution is 2.28. The topological polar surface area (TPSA) is 47.7 Å². The highest BCUT2D eigenvalue weighted by Gasteiger charge is 2.12. The molecule has 0 N–H and O–H groups in total. The van der Waals surface area contributed by atoms with Crippen molar-refractivity contribution in [3.63, 3.8) is 0 Å². The predicted molar refractivity (Wildman–Crippen MR) is 95.4 cm³/mol. The summed E-state index contributed by atoms with van der Waals surface area (Å²) in [5.74, 6) is 2.40. The average molecular weight is 338 g/mol. The van der Waals surface area contributed by atoms with Crippen LogP contribution >= 0.6 is 0 Å². The van der Waals surface area contributed by atoms with Crippen LogP contribution in [-0.2, 0) is 19.6 Å². The summed E-state index contributed by atoms with van der Waals surface area (Å²) < 4.78 is 16.2. The molecular formula is C20H22N2O3. The third-order valence-electron chi connectivity index (χ3n) is 3.94. The van der Waals surface area contributed by atoms with Crippen LogP contribution in [0.4, 0.5) is 0 Å². The Labute approximate surface area is 147 Å². The fraction of sp³-hybridized carbons (Fsp3) is 0.250. The maximum absolute atomic E-state index is 5.52. The van der Waals surface area contributed by atoms with Gasteiger partial charge in [0.25, 0.3) is 0 Å². The molecule has 0 aliphatic rings. The van der Waals surface area contributed by atoms with Crippen molar-refractivity contribution in [2.75, 3.05) is 14.2 Å². The van der Waals surface area contributed by atoms with E-state index in [-0.39, 0.29) is 0 Å². The molecule has 0 aliphatic heterocycles. The second kappa shape index (κ2) is 8.35. The van der Waals surface area contributed by atoms with Crippen molar-refractivity contribution >= 4 is 0 Å². The molecule has 0 saturated heterocycles. The minimum absolute atomic E-state index is 0.718. The van der Waals surface area contributed by atoms with E-state index in [4.69, 9.17) is 13.9 Å². The van der Waals surface area contributed by atoms with Crippen molar-refractivity contribution in [2.45, 2.75) is 19.6 Å². The van der Waals surface area contributed by atoms with Crippen LogP contribution in [0.2, 0.25) is 0 Å². The van der Waals surface area contributed by atoms with E-state index in [1.807, 2.05) is 36.5 Å². The van der Waals surface area contributed by atoms with Crippen molar-refractivity contribution in [3.8, 4) is 11.5 Å². The SMILES string of the molecule is COc1ccc(CN(Cc2cccnc2)Cc2ccco2)cc1OC. The number of nitrogens with zero attached hydrogens (tertiary/aromatic N) is 2.